The molecule has 7 atom stereocenters. The quantitative estimate of drug-likeness (QED) is 0.710. The molecule has 0 aromatic heterocycles. The average Bonchev–Trinajstić information content (AvgIpc) is 3.35. The molecule has 6 rings (SSSR count). The molecule has 1 N–H and O–H groups in total. The number of nitrogens with zero attached hydrogens (tertiary/aromatic N) is 1. The van der Waals surface area contributed by atoms with Gasteiger partial charge in [-0.25, -0.2) is 0 Å². The van der Waals surface area contributed by atoms with Gasteiger partial charge in [-0.05, 0) is 84.6 Å². The van der Waals surface area contributed by atoms with Crippen molar-refractivity contribution in [3.8, 4) is 11.5 Å². The van der Waals surface area contributed by atoms with Crippen LogP contribution in [0.5, 0.6) is 11.5 Å². The molecule has 3 fully saturated rings. The standard InChI is InChI=1S/C27H33NO4/c1-26-10-8-20-18(19(26)5-7-23(26)29)14-17(25-27(20,2)11-9-24(30)28(25)3)12-16-4-6-21-22(13-16)32-15-31-21/h4,6,9,11-13,18-20,23,25,29H,5,7-8,10,14-15H2,1-3H3/b17-12-/t18-,19-,20-,23-,25+,26-,27+/m0/s1. The fourth-order valence-corrected chi connectivity index (χ4v) is 8.03. The van der Waals surface area contributed by atoms with Gasteiger partial charge in [0, 0.05) is 12.5 Å². The number of fused-ring (bicyclic) bond motifs is 6. The van der Waals surface area contributed by atoms with Crippen LogP contribution >= 0.6 is 0 Å². The number of likely N-dealkylation sites (N-methyl/N-ethyl adjacent to an activating group) is 1. The number of carbonyl (C=O) groups is 1. The van der Waals surface area contributed by atoms with Crippen LogP contribution in [0, 0.1) is 28.6 Å². The first-order valence-corrected chi connectivity index (χ1v) is 12.1. The third-order valence-electron chi connectivity index (χ3n) is 9.67. The zero-order chi connectivity index (χ0) is 22.3. The second-order valence-corrected chi connectivity index (χ2v) is 11.1. The lowest BCUT2D eigenvalue weighted by molar-refractivity contribution is -0.135. The molecule has 2 heterocycles. The number of ether oxygens (including phenoxy) is 2. The van der Waals surface area contributed by atoms with Crippen LogP contribution in [0.1, 0.15) is 51.5 Å². The van der Waals surface area contributed by atoms with Gasteiger partial charge >= 0.3 is 0 Å². The highest BCUT2D eigenvalue weighted by Gasteiger charge is 2.61. The van der Waals surface area contributed by atoms with Gasteiger partial charge in [-0.2, -0.15) is 0 Å². The first-order valence-electron chi connectivity index (χ1n) is 12.1. The Morgan fingerprint density at radius 2 is 1.94 bits per heavy atom. The Balaban J connectivity index is 1.45. The number of benzene rings is 1. The van der Waals surface area contributed by atoms with Crippen LogP contribution in [-0.2, 0) is 4.79 Å². The molecule has 32 heavy (non-hydrogen) atoms. The number of hydrogen-bond donors (Lipinski definition) is 1. The molecule has 0 spiro atoms. The molecule has 5 aliphatic rings. The SMILES string of the molecule is CN1C(=O)C=C[C@]2(C)[C@H]3CC[C@]4(C)[C@@H](O)CC[C@H]4[C@@H]3C/C(=C/c3ccc4c(c3)OCO4)[C@@H]12. The van der Waals surface area contributed by atoms with Crippen molar-refractivity contribution in [3.63, 3.8) is 0 Å². The van der Waals surface area contributed by atoms with E-state index in [0.717, 1.165) is 49.2 Å². The number of aliphatic hydroxyl groups is 1. The highest BCUT2D eigenvalue weighted by Crippen LogP contribution is 2.64. The number of hydrogen-bond acceptors (Lipinski definition) is 4. The predicted octanol–water partition coefficient (Wildman–Crippen LogP) is 4.41. The molecule has 0 bridgehead atoms. The van der Waals surface area contributed by atoms with E-state index in [2.05, 4.69) is 32.1 Å². The van der Waals surface area contributed by atoms with E-state index in [0.29, 0.717) is 17.8 Å². The largest absolute Gasteiger partial charge is 0.454 e. The van der Waals surface area contributed by atoms with E-state index >= 15 is 0 Å². The summed E-state index contributed by atoms with van der Waals surface area (Å²) in [5.41, 5.74) is 2.33. The number of aliphatic hydroxyl groups excluding tert-OH is 1. The molecule has 0 saturated heterocycles. The minimum atomic E-state index is -0.189. The van der Waals surface area contributed by atoms with Crippen LogP contribution in [0.15, 0.2) is 35.9 Å². The Bertz CT molecular complexity index is 1030. The van der Waals surface area contributed by atoms with Gasteiger partial charge < -0.3 is 19.5 Å². The third-order valence-corrected chi connectivity index (χ3v) is 9.67. The molecule has 170 valence electrons. The van der Waals surface area contributed by atoms with Gasteiger partial charge in [-0.15, -0.1) is 0 Å². The van der Waals surface area contributed by atoms with Gasteiger partial charge in [-0.3, -0.25) is 4.79 Å². The van der Waals surface area contributed by atoms with Crippen molar-refractivity contribution in [1.82, 2.24) is 4.90 Å². The predicted molar refractivity (Wildman–Crippen MR) is 122 cm³/mol. The van der Waals surface area contributed by atoms with Crippen LogP contribution in [-0.4, -0.2) is 41.9 Å². The van der Waals surface area contributed by atoms with E-state index in [1.807, 2.05) is 24.1 Å². The van der Waals surface area contributed by atoms with E-state index in [9.17, 15) is 9.90 Å². The van der Waals surface area contributed by atoms with Crippen molar-refractivity contribution >= 4 is 12.0 Å². The molecule has 3 saturated carbocycles. The molecule has 3 aliphatic carbocycles. The Labute approximate surface area is 190 Å². The van der Waals surface area contributed by atoms with Gasteiger partial charge in [-0.1, -0.05) is 32.1 Å². The summed E-state index contributed by atoms with van der Waals surface area (Å²) >= 11 is 0. The van der Waals surface area contributed by atoms with E-state index in [4.69, 9.17) is 9.47 Å². The highest BCUT2D eigenvalue weighted by molar-refractivity contribution is 5.89. The highest BCUT2D eigenvalue weighted by atomic mass is 16.7. The Morgan fingerprint density at radius 3 is 2.78 bits per heavy atom. The maximum Gasteiger partial charge on any atom is 0.246 e. The molecule has 2 aliphatic heterocycles. The van der Waals surface area contributed by atoms with Crippen LogP contribution in [0.25, 0.3) is 6.08 Å². The van der Waals surface area contributed by atoms with Gasteiger partial charge in [0.2, 0.25) is 12.7 Å². The summed E-state index contributed by atoms with van der Waals surface area (Å²) in [5.74, 6) is 3.24. The minimum absolute atomic E-state index is 0.0221. The van der Waals surface area contributed by atoms with Crippen LogP contribution in [0.3, 0.4) is 0 Å². The summed E-state index contributed by atoms with van der Waals surface area (Å²) in [4.78, 5) is 14.7. The fourth-order valence-electron chi connectivity index (χ4n) is 8.03. The lowest BCUT2D eigenvalue weighted by atomic mass is 9.47. The Hall–Kier alpha value is -2.27. The van der Waals surface area contributed by atoms with Crippen molar-refractivity contribution in [2.45, 2.75) is 58.1 Å². The lowest BCUT2D eigenvalue weighted by Gasteiger charge is -2.60. The smallest absolute Gasteiger partial charge is 0.246 e. The molecule has 0 unspecified atom stereocenters. The van der Waals surface area contributed by atoms with Gasteiger partial charge in [0.1, 0.15) is 0 Å². The number of carbonyl (C=O) groups excluding carboxylic acids is 1. The van der Waals surface area contributed by atoms with Crippen LogP contribution in [0.2, 0.25) is 0 Å². The number of amides is 1. The normalized spacial score (nSPS) is 43.2. The molecule has 5 nitrogen and oxygen atoms in total. The number of rotatable bonds is 1. The topological polar surface area (TPSA) is 59.0 Å². The van der Waals surface area contributed by atoms with E-state index in [-0.39, 0.29) is 35.7 Å². The minimum Gasteiger partial charge on any atom is -0.454 e. The molecular weight excluding hydrogens is 402 g/mol. The summed E-state index contributed by atoms with van der Waals surface area (Å²) in [6.07, 6.45) is 11.3. The summed E-state index contributed by atoms with van der Waals surface area (Å²) in [5, 5.41) is 10.8. The summed E-state index contributed by atoms with van der Waals surface area (Å²) in [6.45, 7) is 4.94. The van der Waals surface area contributed by atoms with E-state index in [1.165, 1.54) is 5.57 Å². The van der Waals surface area contributed by atoms with Crippen LogP contribution in [0.4, 0.5) is 0 Å². The maximum atomic E-state index is 12.7. The first kappa shape index (κ1) is 20.3. The third kappa shape index (κ3) is 2.70. The van der Waals surface area contributed by atoms with Crippen molar-refractivity contribution in [3.05, 3.63) is 41.5 Å². The zero-order valence-electron chi connectivity index (χ0n) is 19.2. The van der Waals surface area contributed by atoms with Gasteiger partial charge in [0.25, 0.3) is 0 Å². The summed E-state index contributed by atoms with van der Waals surface area (Å²) in [7, 11) is 1.95. The van der Waals surface area contributed by atoms with Crippen molar-refractivity contribution in [1.29, 1.82) is 0 Å². The van der Waals surface area contributed by atoms with Crippen molar-refractivity contribution in [2.75, 3.05) is 13.8 Å². The molecule has 5 heteroatoms. The summed E-state index contributed by atoms with van der Waals surface area (Å²) < 4.78 is 11.1. The second kappa shape index (κ2) is 6.86. The lowest BCUT2D eigenvalue weighted by Crippen LogP contribution is -2.60. The van der Waals surface area contributed by atoms with Crippen molar-refractivity contribution in [2.24, 2.45) is 28.6 Å². The monoisotopic (exact) mass is 435 g/mol. The molecule has 0 radical (unpaired) electrons. The van der Waals surface area contributed by atoms with Gasteiger partial charge in [0.15, 0.2) is 11.5 Å². The van der Waals surface area contributed by atoms with Crippen LogP contribution < -0.4 is 9.47 Å². The average molecular weight is 436 g/mol. The maximum absolute atomic E-state index is 12.7. The van der Waals surface area contributed by atoms with E-state index in [1.54, 1.807) is 6.08 Å². The first-order chi connectivity index (χ1) is 15.3. The Kier molecular flexibility index (Phi) is 4.36. The Morgan fingerprint density at radius 1 is 1.12 bits per heavy atom. The molecule has 1 amide bonds. The van der Waals surface area contributed by atoms with Gasteiger partial charge in [0.05, 0.1) is 12.1 Å². The molecule has 1 aromatic carbocycles. The summed E-state index contributed by atoms with van der Waals surface area (Å²) in [6, 6.07) is 6.15. The second-order valence-electron chi connectivity index (χ2n) is 11.1. The molecular formula is C27H33NO4. The van der Waals surface area contributed by atoms with Crippen molar-refractivity contribution < 1.29 is 19.4 Å². The fraction of sp³-hybridized carbons (Fsp3) is 0.593. The van der Waals surface area contributed by atoms with E-state index < -0.39 is 0 Å². The molecule has 1 aromatic rings. The zero-order valence-corrected chi connectivity index (χ0v) is 19.2.